The van der Waals surface area contributed by atoms with Gasteiger partial charge in [0.25, 0.3) is 0 Å². The van der Waals surface area contributed by atoms with Crippen LogP contribution in [0.1, 0.15) is 6.92 Å². The molecule has 18 heavy (non-hydrogen) atoms. The quantitative estimate of drug-likeness (QED) is 0.745. The van der Waals surface area contributed by atoms with Crippen molar-refractivity contribution in [2.24, 2.45) is 0 Å². The molecule has 0 radical (unpaired) electrons. The third kappa shape index (κ3) is 4.83. The Morgan fingerprint density at radius 2 is 2.11 bits per heavy atom. The molecule has 0 unspecified atom stereocenters. The molecule has 0 saturated heterocycles. The van der Waals surface area contributed by atoms with E-state index in [1.54, 1.807) is 18.2 Å². The Kier molecular flexibility index (Phi) is 5.90. The van der Waals surface area contributed by atoms with Crippen molar-refractivity contribution in [1.29, 1.82) is 0 Å². The molecule has 0 aliphatic heterocycles. The summed E-state index contributed by atoms with van der Waals surface area (Å²) in [5.41, 5.74) is 0.478. The molecule has 0 aliphatic rings. The number of anilines is 1. The number of ether oxygens (including phenoxy) is 1. The zero-order valence-electron chi connectivity index (χ0n) is 10.4. The highest BCUT2D eigenvalue weighted by molar-refractivity contribution is 9.10. The van der Waals surface area contributed by atoms with Crippen LogP contribution in [0.4, 0.5) is 5.69 Å². The number of hydrogen-bond acceptors (Lipinski definition) is 4. The SMILES string of the molecule is CCNCCS(=O)(=O)Nc1cc(OC)ccc1Br. The van der Waals surface area contributed by atoms with Crippen molar-refractivity contribution in [1.82, 2.24) is 5.32 Å². The minimum absolute atomic E-state index is 0.0322. The second-order valence-corrected chi connectivity index (χ2v) is 6.32. The van der Waals surface area contributed by atoms with Gasteiger partial charge in [-0.15, -0.1) is 0 Å². The lowest BCUT2D eigenvalue weighted by molar-refractivity contribution is 0.415. The summed E-state index contributed by atoms with van der Waals surface area (Å²) in [6.45, 7) is 3.10. The van der Waals surface area contributed by atoms with Crippen molar-refractivity contribution >= 4 is 31.6 Å². The monoisotopic (exact) mass is 336 g/mol. The molecule has 0 fully saturated rings. The van der Waals surface area contributed by atoms with Crippen LogP contribution in [0.15, 0.2) is 22.7 Å². The summed E-state index contributed by atoms with van der Waals surface area (Å²) < 4.78 is 31.9. The number of rotatable bonds is 7. The second kappa shape index (κ2) is 6.96. The van der Waals surface area contributed by atoms with Crippen LogP contribution in [0, 0.1) is 0 Å². The first kappa shape index (κ1) is 15.3. The molecule has 0 atom stereocenters. The van der Waals surface area contributed by atoms with E-state index in [9.17, 15) is 8.42 Å². The van der Waals surface area contributed by atoms with E-state index in [1.807, 2.05) is 6.92 Å². The molecule has 7 heteroatoms. The molecule has 1 aromatic carbocycles. The summed E-state index contributed by atoms with van der Waals surface area (Å²) in [4.78, 5) is 0. The van der Waals surface area contributed by atoms with Crippen LogP contribution in [0.5, 0.6) is 5.75 Å². The van der Waals surface area contributed by atoms with Gasteiger partial charge in [0.15, 0.2) is 0 Å². The molecule has 0 spiro atoms. The van der Waals surface area contributed by atoms with E-state index in [2.05, 4.69) is 26.0 Å². The van der Waals surface area contributed by atoms with Gasteiger partial charge in [0, 0.05) is 17.1 Å². The summed E-state index contributed by atoms with van der Waals surface area (Å²) in [5.74, 6) is 0.632. The topological polar surface area (TPSA) is 67.4 Å². The summed E-state index contributed by atoms with van der Waals surface area (Å²) in [6.07, 6.45) is 0. The third-order valence-corrected chi connectivity index (χ3v) is 4.20. The van der Waals surface area contributed by atoms with E-state index in [0.717, 1.165) is 6.54 Å². The van der Waals surface area contributed by atoms with Gasteiger partial charge in [-0.2, -0.15) is 0 Å². The predicted octanol–water partition coefficient (Wildman–Crippen LogP) is 1.81. The molecule has 5 nitrogen and oxygen atoms in total. The Hall–Kier alpha value is -0.790. The maximum atomic E-state index is 11.8. The van der Waals surface area contributed by atoms with Gasteiger partial charge in [-0.1, -0.05) is 6.92 Å². The Morgan fingerprint density at radius 3 is 2.72 bits per heavy atom. The first-order valence-corrected chi connectivity index (χ1v) is 7.97. The average molecular weight is 337 g/mol. The summed E-state index contributed by atoms with van der Waals surface area (Å²) in [6, 6.07) is 5.12. The molecule has 0 saturated carbocycles. The Morgan fingerprint density at radius 1 is 1.39 bits per heavy atom. The lowest BCUT2D eigenvalue weighted by Crippen LogP contribution is -2.26. The van der Waals surface area contributed by atoms with Gasteiger partial charge >= 0.3 is 0 Å². The maximum absolute atomic E-state index is 11.8. The number of benzene rings is 1. The minimum Gasteiger partial charge on any atom is -0.497 e. The van der Waals surface area contributed by atoms with Crippen LogP contribution in [0.25, 0.3) is 0 Å². The zero-order chi connectivity index (χ0) is 13.6. The molecule has 102 valence electrons. The van der Waals surface area contributed by atoms with E-state index < -0.39 is 10.0 Å². The van der Waals surface area contributed by atoms with Crippen LogP contribution in [0.3, 0.4) is 0 Å². The largest absolute Gasteiger partial charge is 0.497 e. The number of nitrogens with one attached hydrogen (secondary N) is 2. The van der Waals surface area contributed by atoms with Crippen LogP contribution in [0.2, 0.25) is 0 Å². The van der Waals surface area contributed by atoms with Crippen LogP contribution in [-0.4, -0.2) is 34.4 Å². The molecule has 2 N–H and O–H groups in total. The molecule has 0 heterocycles. The van der Waals surface area contributed by atoms with Crippen LogP contribution in [-0.2, 0) is 10.0 Å². The molecular weight excluding hydrogens is 320 g/mol. The first-order valence-electron chi connectivity index (χ1n) is 5.53. The minimum atomic E-state index is -3.35. The molecule has 1 aromatic rings. The van der Waals surface area contributed by atoms with Gasteiger partial charge < -0.3 is 10.1 Å². The Labute approximate surface area is 116 Å². The van der Waals surface area contributed by atoms with Gasteiger partial charge in [-0.3, -0.25) is 4.72 Å². The summed E-state index contributed by atoms with van der Waals surface area (Å²) in [7, 11) is -1.82. The molecule has 0 aromatic heterocycles. The fourth-order valence-electron chi connectivity index (χ4n) is 1.31. The first-order chi connectivity index (χ1) is 8.48. The van der Waals surface area contributed by atoms with E-state index >= 15 is 0 Å². The van der Waals surface area contributed by atoms with Gasteiger partial charge in [-0.25, -0.2) is 8.42 Å². The van der Waals surface area contributed by atoms with Crippen molar-refractivity contribution < 1.29 is 13.2 Å². The van der Waals surface area contributed by atoms with Gasteiger partial charge in [0.1, 0.15) is 5.75 Å². The molecule has 0 amide bonds. The van der Waals surface area contributed by atoms with E-state index in [1.165, 1.54) is 7.11 Å². The highest BCUT2D eigenvalue weighted by Crippen LogP contribution is 2.27. The second-order valence-electron chi connectivity index (χ2n) is 3.62. The highest BCUT2D eigenvalue weighted by Gasteiger charge is 2.12. The number of sulfonamides is 1. The molecule has 1 rings (SSSR count). The lowest BCUT2D eigenvalue weighted by Gasteiger charge is -2.11. The smallest absolute Gasteiger partial charge is 0.234 e. The van der Waals surface area contributed by atoms with E-state index in [0.29, 0.717) is 22.5 Å². The standard InChI is InChI=1S/C11H17BrN2O3S/c1-3-13-6-7-18(15,16)14-11-8-9(17-2)4-5-10(11)12/h4-5,8,13-14H,3,6-7H2,1-2H3. The maximum Gasteiger partial charge on any atom is 0.234 e. The Bertz CT molecular complexity index is 491. The van der Waals surface area contributed by atoms with Crippen LogP contribution >= 0.6 is 15.9 Å². The van der Waals surface area contributed by atoms with Crippen molar-refractivity contribution in [2.45, 2.75) is 6.92 Å². The van der Waals surface area contributed by atoms with Crippen molar-refractivity contribution in [3.63, 3.8) is 0 Å². The van der Waals surface area contributed by atoms with Crippen molar-refractivity contribution in [3.05, 3.63) is 22.7 Å². The predicted molar refractivity (Wildman–Crippen MR) is 76.6 cm³/mol. The number of halogens is 1. The zero-order valence-corrected chi connectivity index (χ0v) is 12.8. The van der Waals surface area contributed by atoms with Crippen molar-refractivity contribution in [3.8, 4) is 5.75 Å². The summed E-state index contributed by atoms with van der Waals surface area (Å²) >= 11 is 3.30. The fourth-order valence-corrected chi connectivity index (χ4v) is 2.81. The lowest BCUT2D eigenvalue weighted by atomic mass is 10.3. The highest BCUT2D eigenvalue weighted by atomic mass is 79.9. The molecule has 0 aliphatic carbocycles. The number of methoxy groups -OCH3 is 1. The summed E-state index contributed by atoms with van der Waals surface area (Å²) in [5, 5.41) is 2.97. The van der Waals surface area contributed by atoms with E-state index in [4.69, 9.17) is 4.74 Å². The van der Waals surface area contributed by atoms with Crippen molar-refractivity contribution in [2.75, 3.05) is 30.7 Å². The Balaban J connectivity index is 2.76. The molecular formula is C11H17BrN2O3S. The van der Waals surface area contributed by atoms with Gasteiger partial charge in [0.05, 0.1) is 18.6 Å². The normalized spacial score (nSPS) is 11.3. The van der Waals surface area contributed by atoms with Gasteiger partial charge in [0.2, 0.25) is 10.0 Å². The fraction of sp³-hybridized carbons (Fsp3) is 0.455. The van der Waals surface area contributed by atoms with Crippen LogP contribution < -0.4 is 14.8 Å². The van der Waals surface area contributed by atoms with E-state index in [-0.39, 0.29) is 5.75 Å². The average Bonchev–Trinajstić information content (AvgIpc) is 2.32. The number of hydrogen-bond donors (Lipinski definition) is 2. The third-order valence-electron chi connectivity index (χ3n) is 2.24. The van der Waals surface area contributed by atoms with Gasteiger partial charge in [-0.05, 0) is 34.6 Å². The molecule has 0 bridgehead atoms.